The molecule has 4 rings (SSSR count). The van der Waals surface area contributed by atoms with Gasteiger partial charge in [-0.25, -0.2) is 0 Å². The second kappa shape index (κ2) is 5.60. The summed E-state index contributed by atoms with van der Waals surface area (Å²) in [5.74, 6) is 0.808. The van der Waals surface area contributed by atoms with Crippen LogP contribution in [0.4, 0.5) is 5.82 Å². The van der Waals surface area contributed by atoms with Crippen molar-refractivity contribution >= 4 is 28.4 Å². The van der Waals surface area contributed by atoms with E-state index in [1.165, 1.54) is 0 Å². The van der Waals surface area contributed by atoms with Gasteiger partial charge in [-0.15, -0.1) is 0 Å². The number of nitrogens with zero attached hydrogens (tertiary/aromatic N) is 1. The first kappa shape index (κ1) is 14.6. The lowest BCUT2D eigenvalue weighted by Crippen LogP contribution is -2.13. The van der Waals surface area contributed by atoms with Crippen LogP contribution in [0.25, 0.3) is 22.0 Å². The molecule has 0 spiro atoms. The quantitative estimate of drug-likeness (QED) is 0.719. The largest absolute Gasteiger partial charge is 0.308 e. The Kier molecular flexibility index (Phi) is 3.41. The number of hydrogen-bond donors (Lipinski definition) is 2. The number of rotatable bonds is 4. The van der Waals surface area contributed by atoms with Gasteiger partial charge >= 0.3 is 0 Å². The van der Waals surface area contributed by atoms with Gasteiger partial charge in [-0.3, -0.25) is 14.7 Å². The zero-order chi connectivity index (χ0) is 16.7. The molecule has 1 fully saturated rings. The third-order valence-electron chi connectivity index (χ3n) is 4.36. The van der Waals surface area contributed by atoms with E-state index in [1.54, 1.807) is 6.92 Å². The third kappa shape index (κ3) is 2.69. The van der Waals surface area contributed by atoms with E-state index in [-0.39, 0.29) is 17.6 Å². The minimum atomic E-state index is 0.0432. The van der Waals surface area contributed by atoms with Crippen molar-refractivity contribution in [2.45, 2.75) is 19.8 Å². The van der Waals surface area contributed by atoms with Crippen LogP contribution in [0.2, 0.25) is 0 Å². The van der Waals surface area contributed by atoms with E-state index >= 15 is 0 Å². The molecule has 0 unspecified atom stereocenters. The smallest absolute Gasteiger partial charge is 0.228 e. The van der Waals surface area contributed by atoms with Gasteiger partial charge in [-0.2, -0.15) is 5.10 Å². The Morgan fingerprint density at radius 2 is 1.92 bits per heavy atom. The molecule has 0 atom stereocenters. The molecule has 1 aliphatic rings. The summed E-state index contributed by atoms with van der Waals surface area (Å²) >= 11 is 0. The Hall–Kier alpha value is -2.95. The number of fused-ring (bicyclic) bond motifs is 1. The van der Waals surface area contributed by atoms with Crippen molar-refractivity contribution in [3.63, 3.8) is 0 Å². The molecule has 1 heterocycles. The molecule has 0 bridgehead atoms. The molecule has 3 aromatic rings. The summed E-state index contributed by atoms with van der Waals surface area (Å²) in [5, 5.41) is 11.0. The van der Waals surface area contributed by atoms with E-state index in [4.69, 9.17) is 0 Å². The van der Waals surface area contributed by atoms with Crippen LogP contribution in [0.1, 0.15) is 30.1 Å². The summed E-state index contributed by atoms with van der Waals surface area (Å²) in [6, 6.07) is 13.4. The SMILES string of the molecule is CC(=O)c1cccc(-c2ccc3c(NC(=O)C4CC4)n[nH]c3c2)c1. The van der Waals surface area contributed by atoms with E-state index < -0.39 is 0 Å². The van der Waals surface area contributed by atoms with Crippen molar-refractivity contribution in [2.24, 2.45) is 5.92 Å². The summed E-state index contributed by atoms with van der Waals surface area (Å²) in [7, 11) is 0. The molecule has 1 saturated carbocycles. The number of anilines is 1. The van der Waals surface area contributed by atoms with Crippen LogP contribution < -0.4 is 5.32 Å². The molecule has 5 heteroatoms. The predicted octanol–water partition coefficient (Wildman–Crippen LogP) is 3.78. The Bertz CT molecular complexity index is 954. The maximum absolute atomic E-state index is 11.9. The first-order valence-electron chi connectivity index (χ1n) is 8.02. The highest BCUT2D eigenvalue weighted by Gasteiger charge is 2.30. The molecule has 1 amide bonds. The molecular formula is C19H17N3O2. The van der Waals surface area contributed by atoms with Crippen LogP contribution in [0.3, 0.4) is 0 Å². The van der Waals surface area contributed by atoms with E-state index in [0.29, 0.717) is 11.4 Å². The van der Waals surface area contributed by atoms with Gasteiger partial charge in [0.25, 0.3) is 0 Å². The standard InChI is InChI=1S/C19H17N3O2/c1-11(23)13-3-2-4-14(9-13)15-7-8-16-17(10-15)21-22-18(16)20-19(24)12-5-6-12/h2-4,7-10,12H,5-6H2,1H3,(H2,20,21,22,24). The van der Waals surface area contributed by atoms with Crippen molar-refractivity contribution in [3.8, 4) is 11.1 Å². The molecule has 2 N–H and O–H groups in total. The molecule has 2 aromatic carbocycles. The Morgan fingerprint density at radius 3 is 2.67 bits per heavy atom. The second-order valence-corrected chi connectivity index (χ2v) is 6.23. The van der Waals surface area contributed by atoms with Crippen LogP contribution in [-0.2, 0) is 4.79 Å². The fourth-order valence-electron chi connectivity index (χ4n) is 2.78. The van der Waals surface area contributed by atoms with E-state index in [2.05, 4.69) is 15.5 Å². The number of ketones is 1. The molecule has 0 aliphatic heterocycles. The number of Topliss-reactive ketones (excluding diaryl/α,β-unsaturated/α-hetero) is 1. The monoisotopic (exact) mass is 319 g/mol. The highest BCUT2D eigenvalue weighted by Crippen LogP contribution is 2.32. The maximum atomic E-state index is 11.9. The number of aromatic amines is 1. The minimum absolute atomic E-state index is 0.0432. The van der Waals surface area contributed by atoms with Crippen LogP contribution in [-0.4, -0.2) is 21.9 Å². The first-order chi connectivity index (χ1) is 11.6. The van der Waals surface area contributed by atoms with Crippen LogP contribution in [0, 0.1) is 5.92 Å². The first-order valence-corrected chi connectivity index (χ1v) is 8.02. The number of aromatic nitrogens is 2. The number of benzene rings is 2. The fourth-order valence-corrected chi connectivity index (χ4v) is 2.78. The number of carbonyl (C=O) groups excluding carboxylic acids is 2. The highest BCUT2D eigenvalue weighted by molar-refractivity contribution is 6.02. The predicted molar refractivity (Wildman–Crippen MR) is 92.9 cm³/mol. The molecule has 1 aliphatic carbocycles. The van der Waals surface area contributed by atoms with Crippen molar-refractivity contribution in [3.05, 3.63) is 48.0 Å². The molecule has 24 heavy (non-hydrogen) atoms. The van der Waals surface area contributed by atoms with Crippen molar-refractivity contribution < 1.29 is 9.59 Å². The summed E-state index contributed by atoms with van der Waals surface area (Å²) in [4.78, 5) is 23.5. The number of amides is 1. The summed E-state index contributed by atoms with van der Waals surface area (Å²) in [6.07, 6.45) is 1.93. The zero-order valence-electron chi connectivity index (χ0n) is 13.3. The van der Waals surface area contributed by atoms with Gasteiger partial charge in [0.15, 0.2) is 11.6 Å². The molecule has 5 nitrogen and oxygen atoms in total. The number of carbonyl (C=O) groups is 2. The van der Waals surface area contributed by atoms with Crippen molar-refractivity contribution in [1.82, 2.24) is 10.2 Å². The summed E-state index contributed by atoms with van der Waals surface area (Å²) in [6.45, 7) is 1.56. The lowest BCUT2D eigenvalue weighted by Gasteiger charge is -2.05. The fraction of sp³-hybridized carbons (Fsp3) is 0.211. The van der Waals surface area contributed by atoms with Gasteiger partial charge in [0.2, 0.25) is 5.91 Å². The molecule has 0 radical (unpaired) electrons. The van der Waals surface area contributed by atoms with Crippen LogP contribution in [0.15, 0.2) is 42.5 Å². The third-order valence-corrected chi connectivity index (χ3v) is 4.36. The van der Waals surface area contributed by atoms with Gasteiger partial charge in [0.1, 0.15) is 0 Å². The van der Waals surface area contributed by atoms with Gasteiger partial charge < -0.3 is 5.32 Å². The lowest BCUT2D eigenvalue weighted by molar-refractivity contribution is -0.117. The highest BCUT2D eigenvalue weighted by atomic mass is 16.2. The second-order valence-electron chi connectivity index (χ2n) is 6.23. The average molecular weight is 319 g/mol. The minimum Gasteiger partial charge on any atom is -0.308 e. The topological polar surface area (TPSA) is 74.8 Å². The van der Waals surface area contributed by atoms with Gasteiger partial charge in [0, 0.05) is 16.9 Å². The Labute approximate surface area is 139 Å². The number of nitrogens with one attached hydrogen (secondary N) is 2. The van der Waals surface area contributed by atoms with Crippen molar-refractivity contribution in [1.29, 1.82) is 0 Å². The molecular weight excluding hydrogens is 302 g/mol. The zero-order valence-corrected chi connectivity index (χ0v) is 13.3. The maximum Gasteiger partial charge on any atom is 0.228 e. The molecule has 0 saturated heterocycles. The number of H-pyrrole nitrogens is 1. The summed E-state index contributed by atoms with van der Waals surface area (Å²) in [5.41, 5.74) is 3.51. The lowest BCUT2D eigenvalue weighted by atomic mass is 10.0. The normalized spacial score (nSPS) is 13.9. The van der Waals surface area contributed by atoms with E-state index in [0.717, 1.165) is 34.9 Å². The summed E-state index contributed by atoms with van der Waals surface area (Å²) < 4.78 is 0. The average Bonchev–Trinajstić information content (AvgIpc) is 3.37. The van der Waals surface area contributed by atoms with E-state index in [1.807, 2.05) is 42.5 Å². The van der Waals surface area contributed by atoms with Crippen molar-refractivity contribution in [2.75, 3.05) is 5.32 Å². The van der Waals surface area contributed by atoms with Crippen LogP contribution >= 0.6 is 0 Å². The van der Waals surface area contributed by atoms with E-state index in [9.17, 15) is 9.59 Å². The Morgan fingerprint density at radius 1 is 1.12 bits per heavy atom. The van der Waals surface area contributed by atoms with Gasteiger partial charge in [-0.1, -0.05) is 24.3 Å². The molecule has 120 valence electrons. The van der Waals surface area contributed by atoms with Gasteiger partial charge in [0.05, 0.1) is 5.52 Å². The Balaban J connectivity index is 1.67. The van der Waals surface area contributed by atoms with Crippen LogP contribution in [0.5, 0.6) is 0 Å². The number of hydrogen-bond acceptors (Lipinski definition) is 3. The molecule has 1 aromatic heterocycles. The van der Waals surface area contributed by atoms with Gasteiger partial charge in [-0.05, 0) is 49.1 Å².